The van der Waals surface area contributed by atoms with Crippen molar-refractivity contribution in [1.29, 1.82) is 0 Å². The van der Waals surface area contributed by atoms with Gasteiger partial charge in [0.2, 0.25) is 5.91 Å². The second-order valence-electron chi connectivity index (χ2n) is 5.65. The minimum atomic E-state index is -0.452. The van der Waals surface area contributed by atoms with Crippen molar-refractivity contribution in [2.75, 3.05) is 18.5 Å². The first kappa shape index (κ1) is 17.8. The van der Waals surface area contributed by atoms with Gasteiger partial charge in [-0.05, 0) is 44.0 Å². The van der Waals surface area contributed by atoms with Gasteiger partial charge in [-0.15, -0.1) is 0 Å². The first-order chi connectivity index (χ1) is 11.6. The molecule has 1 aromatic rings. The van der Waals surface area contributed by atoms with Gasteiger partial charge >= 0.3 is 12.0 Å². The van der Waals surface area contributed by atoms with Gasteiger partial charge in [-0.3, -0.25) is 10.1 Å². The van der Waals surface area contributed by atoms with E-state index >= 15 is 0 Å². The Hall–Kier alpha value is -2.57. The molecule has 0 saturated heterocycles. The number of amides is 3. The molecular formula is C17H23N3O4. The Morgan fingerprint density at radius 1 is 1.12 bits per heavy atom. The van der Waals surface area contributed by atoms with E-state index in [2.05, 4.69) is 16.0 Å². The minimum absolute atomic E-state index is 0.0309. The van der Waals surface area contributed by atoms with E-state index in [1.54, 1.807) is 31.2 Å². The van der Waals surface area contributed by atoms with E-state index in [1.165, 1.54) is 0 Å². The Morgan fingerprint density at radius 2 is 1.79 bits per heavy atom. The third-order valence-corrected chi connectivity index (χ3v) is 3.79. The van der Waals surface area contributed by atoms with Crippen LogP contribution < -0.4 is 16.0 Å². The van der Waals surface area contributed by atoms with Gasteiger partial charge in [-0.25, -0.2) is 9.59 Å². The van der Waals surface area contributed by atoms with Crippen molar-refractivity contribution < 1.29 is 19.1 Å². The van der Waals surface area contributed by atoms with E-state index in [9.17, 15) is 14.4 Å². The Morgan fingerprint density at radius 3 is 2.42 bits per heavy atom. The topological polar surface area (TPSA) is 96.5 Å². The van der Waals surface area contributed by atoms with E-state index in [0.29, 0.717) is 17.9 Å². The molecule has 1 saturated carbocycles. The van der Waals surface area contributed by atoms with E-state index in [1.807, 2.05) is 0 Å². The van der Waals surface area contributed by atoms with Crippen molar-refractivity contribution >= 4 is 23.6 Å². The Labute approximate surface area is 141 Å². The number of imide groups is 1. The van der Waals surface area contributed by atoms with E-state index < -0.39 is 11.9 Å². The molecule has 0 aromatic heterocycles. The molecular weight excluding hydrogens is 310 g/mol. The number of urea groups is 1. The number of nitrogens with one attached hydrogen (secondary N) is 3. The summed E-state index contributed by atoms with van der Waals surface area (Å²) in [5.74, 6) is -0.801. The number of anilines is 1. The first-order valence-electron chi connectivity index (χ1n) is 8.20. The molecule has 130 valence electrons. The lowest BCUT2D eigenvalue weighted by atomic mass is 10.2. The zero-order valence-electron chi connectivity index (χ0n) is 13.8. The molecule has 0 heterocycles. The summed E-state index contributed by atoms with van der Waals surface area (Å²) in [5.41, 5.74) is 1.12. The van der Waals surface area contributed by atoms with Crippen LogP contribution in [0.15, 0.2) is 24.3 Å². The number of carbonyl (C=O) groups excluding carboxylic acids is 3. The van der Waals surface area contributed by atoms with Crippen LogP contribution in [0.5, 0.6) is 0 Å². The lowest BCUT2D eigenvalue weighted by molar-refractivity contribution is -0.118. The smallest absolute Gasteiger partial charge is 0.338 e. The summed E-state index contributed by atoms with van der Waals surface area (Å²) in [6.07, 6.45) is 4.16. The van der Waals surface area contributed by atoms with Gasteiger partial charge in [0.15, 0.2) is 0 Å². The molecule has 7 heteroatoms. The summed E-state index contributed by atoms with van der Waals surface area (Å²) in [7, 11) is 0. The number of hydrogen-bond donors (Lipinski definition) is 3. The highest BCUT2D eigenvalue weighted by molar-refractivity contribution is 5.96. The molecule has 7 nitrogen and oxygen atoms in total. The van der Waals surface area contributed by atoms with Crippen LogP contribution in [0.2, 0.25) is 0 Å². The van der Waals surface area contributed by atoms with Crippen molar-refractivity contribution in [2.45, 2.75) is 38.6 Å². The van der Waals surface area contributed by atoms with Gasteiger partial charge in [0, 0.05) is 11.7 Å². The van der Waals surface area contributed by atoms with Crippen molar-refractivity contribution in [3.05, 3.63) is 29.8 Å². The van der Waals surface area contributed by atoms with Crippen molar-refractivity contribution in [1.82, 2.24) is 10.6 Å². The zero-order chi connectivity index (χ0) is 17.4. The standard InChI is InChI=1S/C17H23N3O4/c1-2-24-16(22)12-7-9-13(10-8-12)18-11-15(21)20-17(23)19-14-5-3-4-6-14/h7-10,14,18H,2-6,11H2,1H3,(H2,19,20,21,23). The Bertz CT molecular complexity index is 580. The molecule has 0 aliphatic heterocycles. The lowest BCUT2D eigenvalue weighted by Crippen LogP contribution is -2.45. The quantitative estimate of drug-likeness (QED) is 0.692. The Balaban J connectivity index is 1.72. The van der Waals surface area contributed by atoms with E-state index in [0.717, 1.165) is 25.7 Å². The first-order valence-corrected chi connectivity index (χ1v) is 8.20. The van der Waals surface area contributed by atoms with Crippen LogP contribution in [0, 0.1) is 0 Å². The summed E-state index contributed by atoms with van der Waals surface area (Å²) < 4.78 is 4.90. The largest absolute Gasteiger partial charge is 0.462 e. The van der Waals surface area contributed by atoms with Crippen LogP contribution in [0.4, 0.5) is 10.5 Å². The monoisotopic (exact) mass is 333 g/mol. The average molecular weight is 333 g/mol. The highest BCUT2D eigenvalue weighted by atomic mass is 16.5. The van der Waals surface area contributed by atoms with Crippen LogP contribution in [0.3, 0.4) is 0 Å². The van der Waals surface area contributed by atoms with Crippen molar-refractivity contribution in [3.63, 3.8) is 0 Å². The number of esters is 1. The predicted octanol–water partition coefficient (Wildman–Crippen LogP) is 2.04. The highest BCUT2D eigenvalue weighted by Crippen LogP contribution is 2.17. The number of hydrogen-bond acceptors (Lipinski definition) is 5. The molecule has 1 aliphatic rings. The van der Waals surface area contributed by atoms with E-state index in [4.69, 9.17) is 4.74 Å². The second kappa shape index (κ2) is 8.90. The van der Waals surface area contributed by atoms with Gasteiger partial charge in [0.25, 0.3) is 0 Å². The maximum Gasteiger partial charge on any atom is 0.338 e. The SMILES string of the molecule is CCOC(=O)c1ccc(NCC(=O)NC(=O)NC2CCCC2)cc1. The van der Waals surface area contributed by atoms with Crippen LogP contribution in [-0.4, -0.2) is 37.1 Å². The molecule has 0 bridgehead atoms. The van der Waals surface area contributed by atoms with Crippen molar-refractivity contribution in [3.8, 4) is 0 Å². The maximum atomic E-state index is 11.8. The molecule has 1 aliphatic carbocycles. The van der Waals surface area contributed by atoms with Crippen LogP contribution in [0.1, 0.15) is 43.0 Å². The number of benzene rings is 1. The molecule has 0 radical (unpaired) electrons. The molecule has 0 unspecified atom stereocenters. The summed E-state index contributed by atoms with van der Waals surface area (Å²) in [6.45, 7) is 2.04. The summed E-state index contributed by atoms with van der Waals surface area (Å²) in [4.78, 5) is 35.0. The molecule has 3 amide bonds. The van der Waals surface area contributed by atoms with Gasteiger partial charge in [-0.1, -0.05) is 12.8 Å². The minimum Gasteiger partial charge on any atom is -0.462 e. The fourth-order valence-corrected chi connectivity index (χ4v) is 2.58. The third-order valence-electron chi connectivity index (χ3n) is 3.79. The van der Waals surface area contributed by atoms with Crippen LogP contribution in [0.25, 0.3) is 0 Å². The molecule has 24 heavy (non-hydrogen) atoms. The summed E-state index contributed by atoms with van der Waals surface area (Å²) in [6, 6.07) is 6.30. The van der Waals surface area contributed by atoms with Gasteiger partial charge in [-0.2, -0.15) is 0 Å². The van der Waals surface area contributed by atoms with Crippen LogP contribution in [-0.2, 0) is 9.53 Å². The lowest BCUT2D eigenvalue weighted by Gasteiger charge is -2.12. The summed E-state index contributed by atoms with van der Waals surface area (Å²) in [5, 5.41) is 7.98. The predicted molar refractivity (Wildman–Crippen MR) is 89.8 cm³/mol. The normalized spacial score (nSPS) is 14.0. The van der Waals surface area contributed by atoms with E-state index in [-0.39, 0.29) is 18.6 Å². The number of rotatable bonds is 6. The van der Waals surface area contributed by atoms with Gasteiger partial charge < -0.3 is 15.4 Å². The number of ether oxygens (including phenoxy) is 1. The van der Waals surface area contributed by atoms with Gasteiger partial charge in [0.1, 0.15) is 0 Å². The average Bonchev–Trinajstić information content (AvgIpc) is 3.06. The Kier molecular flexibility index (Phi) is 6.60. The van der Waals surface area contributed by atoms with Crippen molar-refractivity contribution in [2.24, 2.45) is 0 Å². The van der Waals surface area contributed by atoms with Gasteiger partial charge in [0.05, 0.1) is 18.7 Å². The zero-order valence-corrected chi connectivity index (χ0v) is 13.8. The third kappa shape index (κ3) is 5.57. The molecule has 2 rings (SSSR count). The molecule has 3 N–H and O–H groups in total. The highest BCUT2D eigenvalue weighted by Gasteiger charge is 2.18. The van der Waals surface area contributed by atoms with Crippen LogP contribution >= 0.6 is 0 Å². The number of carbonyl (C=O) groups is 3. The fourth-order valence-electron chi connectivity index (χ4n) is 2.58. The molecule has 1 fully saturated rings. The maximum absolute atomic E-state index is 11.8. The second-order valence-corrected chi connectivity index (χ2v) is 5.65. The molecule has 0 atom stereocenters. The fraction of sp³-hybridized carbons (Fsp3) is 0.471. The molecule has 0 spiro atoms. The molecule has 1 aromatic carbocycles. The summed E-state index contributed by atoms with van der Waals surface area (Å²) >= 11 is 0.